The Morgan fingerprint density at radius 2 is 2.08 bits per heavy atom. The molecule has 0 unspecified atom stereocenters. The normalized spacial score (nSPS) is 20.2. The van der Waals surface area contributed by atoms with E-state index >= 15 is 0 Å². The molecule has 1 aliphatic rings. The van der Waals surface area contributed by atoms with Crippen LogP contribution in [0.2, 0.25) is 0 Å². The minimum atomic E-state index is -0.126. The molecular weight excluding hydrogens is 184 g/mol. The number of amides is 1. The van der Waals surface area contributed by atoms with Crippen LogP contribution in [0.25, 0.3) is 0 Å². The van der Waals surface area contributed by atoms with Gasteiger partial charge in [-0.3, -0.25) is 4.79 Å². The third-order valence-electron chi connectivity index (χ3n) is 2.70. The monoisotopic (exact) mass is 202 g/mol. The van der Waals surface area contributed by atoms with Crippen molar-refractivity contribution in [3.63, 3.8) is 0 Å². The van der Waals surface area contributed by atoms with E-state index in [1.807, 2.05) is 7.05 Å². The molecule has 4 heteroatoms. The van der Waals surface area contributed by atoms with Crippen molar-refractivity contribution in [2.45, 2.75) is 12.8 Å². The molecule has 0 aromatic carbocycles. The second-order valence-corrected chi connectivity index (χ2v) is 4.29. The number of hydrogen-bond donors (Lipinski definition) is 1. The van der Waals surface area contributed by atoms with Crippen molar-refractivity contribution in [2.75, 3.05) is 33.7 Å². The molecule has 3 nitrogen and oxygen atoms in total. The topological polar surface area (TPSA) is 23.6 Å². The summed E-state index contributed by atoms with van der Waals surface area (Å²) < 4.78 is 0. The quantitative estimate of drug-likeness (QED) is 0.683. The van der Waals surface area contributed by atoms with Gasteiger partial charge in [0.05, 0.1) is 0 Å². The van der Waals surface area contributed by atoms with Gasteiger partial charge in [-0.25, -0.2) is 0 Å². The van der Waals surface area contributed by atoms with Gasteiger partial charge < -0.3 is 9.80 Å². The SMILES string of the molecule is CN1CCC(CN(C)C(=O)S)CC1. The summed E-state index contributed by atoms with van der Waals surface area (Å²) in [6.07, 6.45) is 2.39. The predicted molar refractivity (Wildman–Crippen MR) is 57.2 cm³/mol. The molecule has 1 aliphatic heterocycles. The Balaban J connectivity index is 2.26. The molecule has 0 N–H and O–H groups in total. The maximum absolute atomic E-state index is 10.9. The smallest absolute Gasteiger partial charge is 0.278 e. The van der Waals surface area contributed by atoms with Crippen molar-refractivity contribution < 1.29 is 4.79 Å². The van der Waals surface area contributed by atoms with E-state index in [-0.39, 0.29) is 5.24 Å². The number of hydrogen-bond acceptors (Lipinski definition) is 2. The van der Waals surface area contributed by atoms with Gasteiger partial charge >= 0.3 is 0 Å². The molecule has 0 radical (unpaired) electrons. The van der Waals surface area contributed by atoms with E-state index in [1.54, 1.807) is 4.90 Å². The van der Waals surface area contributed by atoms with E-state index in [4.69, 9.17) is 0 Å². The minimum absolute atomic E-state index is 0.126. The maximum Gasteiger partial charge on any atom is 0.278 e. The standard InChI is InChI=1S/C9H18N2OS/c1-10-5-3-8(4-6-10)7-11(2)9(12)13/h8H,3-7H2,1-2H3,(H,12,13). The zero-order valence-corrected chi connectivity index (χ0v) is 9.26. The third-order valence-corrected chi connectivity index (χ3v) is 3.04. The Labute approximate surface area is 85.5 Å². The number of carbonyl (C=O) groups excluding carboxylic acids is 1. The molecule has 0 aliphatic carbocycles. The highest BCUT2D eigenvalue weighted by Gasteiger charge is 2.18. The Hall–Kier alpha value is -0.220. The summed E-state index contributed by atoms with van der Waals surface area (Å²) in [6.45, 7) is 3.16. The molecule has 1 saturated heterocycles. The Morgan fingerprint density at radius 3 is 2.54 bits per heavy atom. The van der Waals surface area contributed by atoms with Gasteiger partial charge in [-0.15, -0.1) is 0 Å². The molecule has 0 saturated carbocycles. The van der Waals surface area contributed by atoms with Crippen molar-refractivity contribution >= 4 is 17.9 Å². The zero-order chi connectivity index (χ0) is 9.84. The number of nitrogens with zero attached hydrogens (tertiary/aromatic N) is 2. The first kappa shape index (κ1) is 10.9. The van der Waals surface area contributed by atoms with Crippen molar-refractivity contribution in [3.05, 3.63) is 0 Å². The predicted octanol–water partition coefficient (Wildman–Crippen LogP) is 1.31. The second kappa shape index (κ2) is 4.86. The molecule has 1 heterocycles. The molecule has 13 heavy (non-hydrogen) atoms. The van der Waals surface area contributed by atoms with Crippen LogP contribution in [0, 0.1) is 5.92 Å². The molecule has 0 aromatic heterocycles. The van der Waals surface area contributed by atoms with E-state index in [1.165, 1.54) is 12.8 Å². The number of thiol groups is 1. The molecule has 0 bridgehead atoms. The Morgan fingerprint density at radius 1 is 1.54 bits per heavy atom. The van der Waals surface area contributed by atoms with Crippen LogP contribution in [0.1, 0.15) is 12.8 Å². The molecule has 0 spiro atoms. The van der Waals surface area contributed by atoms with Crippen molar-refractivity contribution in [1.29, 1.82) is 0 Å². The Kier molecular flexibility index (Phi) is 4.06. The molecule has 0 aromatic rings. The summed E-state index contributed by atoms with van der Waals surface area (Å²) in [6, 6.07) is 0. The summed E-state index contributed by atoms with van der Waals surface area (Å²) in [5.41, 5.74) is 0. The van der Waals surface area contributed by atoms with Crippen LogP contribution in [0.3, 0.4) is 0 Å². The average molecular weight is 202 g/mol. The maximum atomic E-state index is 10.9. The van der Waals surface area contributed by atoms with E-state index < -0.39 is 0 Å². The number of rotatable bonds is 2. The fourth-order valence-electron chi connectivity index (χ4n) is 1.71. The average Bonchev–Trinajstić information content (AvgIpc) is 2.08. The summed E-state index contributed by atoms with van der Waals surface area (Å²) >= 11 is 3.79. The first-order valence-corrected chi connectivity index (χ1v) is 5.17. The lowest BCUT2D eigenvalue weighted by molar-refractivity contribution is 0.183. The number of piperidine rings is 1. The third kappa shape index (κ3) is 3.56. The molecule has 1 fully saturated rings. The van der Waals surface area contributed by atoms with Gasteiger partial charge in [-0.2, -0.15) is 0 Å². The number of carbonyl (C=O) groups is 1. The van der Waals surface area contributed by atoms with Gasteiger partial charge in [-0.1, -0.05) is 12.6 Å². The number of likely N-dealkylation sites (tertiary alicyclic amines) is 1. The fourth-order valence-corrected chi connectivity index (χ4v) is 1.79. The first-order valence-electron chi connectivity index (χ1n) is 4.72. The molecule has 0 atom stereocenters. The lowest BCUT2D eigenvalue weighted by atomic mass is 9.97. The summed E-state index contributed by atoms with van der Waals surface area (Å²) in [4.78, 5) is 14.9. The van der Waals surface area contributed by atoms with Crippen LogP contribution in [-0.4, -0.2) is 48.8 Å². The van der Waals surface area contributed by atoms with Crippen molar-refractivity contribution in [2.24, 2.45) is 5.92 Å². The highest BCUT2D eigenvalue weighted by atomic mass is 32.1. The van der Waals surface area contributed by atoms with Gasteiger partial charge in [0.1, 0.15) is 0 Å². The lowest BCUT2D eigenvalue weighted by Gasteiger charge is -2.31. The molecular formula is C9H18N2OS. The molecule has 1 amide bonds. The minimum Gasteiger partial charge on any atom is -0.337 e. The van der Waals surface area contributed by atoms with Crippen LogP contribution in [0.15, 0.2) is 0 Å². The van der Waals surface area contributed by atoms with E-state index in [2.05, 4.69) is 24.6 Å². The van der Waals surface area contributed by atoms with Crippen LogP contribution in [0.4, 0.5) is 4.79 Å². The summed E-state index contributed by atoms with van der Waals surface area (Å²) in [7, 11) is 3.96. The van der Waals surface area contributed by atoms with Crippen molar-refractivity contribution in [3.8, 4) is 0 Å². The summed E-state index contributed by atoms with van der Waals surface area (Å²) in [5.74, 6) is 0.664. The zero-order valence-electron chi connectivity index (χ0n) is 8.36. The van der Waals surface area contributed by atoms with Gasteiger partial charge in [0.25, 0.3) is 5.24 Å². The largest absolute Gasteiger partial charge is 0.337 e. The van der Waals surface area contributed by atoms with Gasteiger partial charge in [0, 0.05) is 13.6 Å². The van der Waals surface area contributed by atoms with Crippen LogP contribution < -0.4 is 0 Å². The van der Waals surface area contributed by atoms with Gasteiger partial charge in [0.2, 0.25) is 0 Å². The van der Waals surface area contributed by atoms with E-state index in [0.717, 1.165) is 19.6 Å². The second-order valence-electron chi connectivity index (χ2n) is 3.91. The van der Waals surface area contributed by atoms with Crippen LogP contribution in [-0.2, 0) is 0 Å². The van der Waals surface area contributed by atoms with Crippen molar-refractivity contribution in [1.82, 2.24) is 9.80 Å². The van der Waals surface area contributed by atoms with Crippen LogP contribution in [0.5, 0.6) is 0 Å². The van der Waals surface area contributed by atoms with Gasteiger partial charge in [-0.05, 0) is 38.9 Å². The van der Waals surface area contributed by atoms with E-state index in [9.17, 15) is 4.79 Å². The van der Waals surface area contributed by atoms with Gasteiger partial charge in [0.15, 0.2) is 0 Å². The lowest BCUT2D eigenvalue weighted by Crippen LogP contribution is -2.36. The molecule has 1 rings (SSSR count). The summed E-state index contributed by atoms with van der Waals surface area (Å²) in [5, 5.41) is -0.126. The van der Waals surface area contributed by atoms with Crippen LogP contribution >= 0.6 is 12.6 Å². The molecule has 76 valence electrons. The fraction of sp³-hybridized carbons (Fsp3) is 0.889. The van der Waals surface area contributed by atoms with E-state index in [0.29, 0.717) is 5.92 Å². The Bertz CT molecular complexity index is 178. The highest BCUT2D eigenvalue weighted by molar-refractivity contribution is 7.96. The highest BCUT2D eigenvalue weighted by Crippen LogP contribution is 2.17. The first-order chi connectivity index (χ1) is 6.09.